The number of halogens is 1. The monoisotopic (exact) mass is 324 g/mol. The Kier molecular flexibility index (Phi) is 4.65. The molecule has 21 heavy (non-hydrogen) atoms. The van der Waals surface area contributed by atoms with E-state index in [-0.39, 0.29) is 22.1 Å². The van der Waals surface area contributed by atoms with Gasteiger partial charge in [-0.1, -0.05) is 30.3 Å². The van der Waals surface area contributed by atoms with Gasteiger partial charge in [0, 0.05) is 11.4 Å². The maximum absolute atomic E-state index is 12.2. The number of benzene rings is 2. The fraction of sp³-hybridized carbons (Fsp3) is 0.133. The summed E-state index contributed by atoms with van der Waals surface area (Å²) in [4.78, 5) is 11.1. The van der Waals surface area contributed by atoms with Crippen molar-refractivity contribution < 1.29 is 18.3 Å². The lowest BCUT2D eigenvalue weighted by molar-refractivity contribution is 0.0697. The molecule has 0 atom stereocenters. The average Bonchev–Trinajstić information content (AvgIpc) is 2.47. The van der Waals surface area contributed by atoms with Crippen LogP contribution in [0.4, 0.5) is 0 Å². The van der Waals surface area contributed by atoms with Crippen molar-refractivity contribution in [2.24, 2.45) is 0 Å². The van der Waals surface area contributed by atoms with Gasteiger partial charge in [0.1, 0.15) is 0 Å². The molecule has 4 nitrogen and oxygen atoms in total. The highest BCUT2D eigenvalue weighted by Gasteiger charge is 2.18. The minimum absolute atomic E-state index is 0.0224. The number of sulfone groups is 1. The van der Waals surface area contributed by atoms with Crippen LogP contribution in [-0.2, 0) is 9.84 Å². The summed E-state index contributed by atoms with van der Waals surface area (Å²) in [5.41, 5.74) is 1.34. The lowest BCUT2D eigenvalue weighted by Crippen LogP contribution is -2.09. The van der Waals surface area contributed by atoms with Crippen LogP contribution in [0.5, 0.6) is 0 Å². The van der Waals surface area contributed by atoms with Gasteiger partial charge in [-0.15, -0.1) is 11.6 Å². The van der Waals surface area contributed by atoms with Crippen LogP contribution >= 0.6 is 11.6 Å². The summed E-state index contributed by atoms with van der Waals surface area (Å²) in [5, 5.41) is 8.89. The number of carboxylic acids is 1. The molecular weight excluding hydrogens is 312 g/mol. The molecule has 2 aromatic rings. The molecule has 2 aromatic carbocycles. The zero-order valence-electron chi connectivity index (χ0n) is 11.0. The van der Waals surface area contributed by atoms with E-state index >= 15 is 0 Å². The SMILES string of the molecule is O=C(O)c1ccc(-c2ccccc2S(=O)(=O)CCCl)cc1. The molecule has 0 spiro atoms. The first-order valence-electron chi connectivity index (χ1n) is 6.17. The predicted molar refractivity (Wildman–Crippen MR) is 81.6 cm³/mol. The standard InChI is InChI=1S/C15H13ClO4S/c16-9-10-21(19,20)14-4-2-1-3-13(14)11-5-7-12(8-6-11)15(17)18/h1-8H,9-10H2,(H,17,18). The normalized spacial score (nSPS) is 11.3. The van der Waals surface area contributed by atoms with Gasteiger partial charge in [0.2, 0.25) is 0 Å². The van der Waals surface area contributed by atoms with Gasteiger partial charge < -0.3 is 5.11 Å². The van der Waals surface area contributed by atoms with Gasteiger partial charge in [0.25, 0.3) is 0 Å². The van der Waals surface area contributed by atoms with E-state index in [9.17, 15) is 13.2 Å². The van der Waals surface area contributed by atoms with Crippen molar-refractivity contribution in [3.8, 4) is 11.1 Å². The largest absolute Gasteiger partial charge is 0.478 e. The van der Waals surface area contributed by atoms with E-state index in [0.717, 1.165) is 0 Å². The highest BCUT2D eigenvalue weighted by molar-refractivity contribution is 7.91. The molecule has 2 rings (SSSR count). The summed E-state index contributed by atoms with van der Waals surface area (Å²) in [6.45, 7) is 0. The second kappa shape index (κ2) is 6.28. The minimum atomic E-state index is -3.46. The second-order valence-corrected chi connectivity index (χ2v) is 6.84. The Morgan fingerprint density at radius 3 is 2.24 bits per heavy atom. The lowest BCUT2D eigenvalue weighted by atomic mass is 10.0. The van der Waals surface area contributed by atoms with Crippen LogP contribution in [0.25, 0.3) is 11.1 Å². The highest BCUT2D eigenvalue weighted by Crippen LogP contribution is 2.28. The molecule has 6 heteroatoms. The van der Waals surface area contributed by atoms with E-state index in [0.29, 0.717) is 11.1 Å². The van der Waals surface area contributed by atoms with Crippen molar-refractivity contribution in [2.45, 2.75) is 4.90 Å². The molecule has 0 fully saturated rings. The fourth-order valence-electron chi connectivity index (χ4n) is 1.98. The molecule has 0 aliphatic carbocycles. The number of rotatable bonds is 5. The van der Waals surface area contributed by atoms with E-state index < -0.39 is 15.8 Å². The molecule has 0 saturated heterocycles. The van der Waals surface area contributed by atoms with Crippen molar-refractivity contribution in [3.05, 3.63) is 54.1 Å². The average molecular weight is 325 g/mol. The number of hydrogen-bond donors (Lipinski definition) is 1. The molecular formula is C15H13ClO4S. The van der Waals surface area contributed by atoms with Gasteiger partial charge in [0.15, 0.2) is 9.84 Å². The molecule has 0 aliphatic rings. The predicted octanol–water partition coefficient (Wildman–Crippen LogP) is 3.06. The molecule has 0 aliphatic heterocycles. The maximum atomic E-state index is 12.2. The molecule has 110 valence electrons. The van der Waals surface area contributed by atoms with Crippen molar-refractivity contribution in [1.82, 2.24) is 0 Å². The first-order valence-corrected chi connectivity index (χ1v) is 8.36. The van der Waals surface area contributed by atoms with Crippen LogP contribution in [0, 0.1) is 0 Å². The van der Waals surface area contributed by atoms with Gasteiger partial charge in [-0.2, -0.15) is 0 Å². The zero-order chi connectivity index (χ0) is 15.5. The molecule has 0 radical (unpaired) electrons. The molecule has 0 heterocycles. The number of aromatic carboxylic acids is 1. The highest BCUT2D eigenvalue weighted by atomic mass is 35.5. The van der Waals surface area contributed by atoms with Gasteiger partial charge in [-0.3, -0.25) is 0 Å². The summed E-state index contributed by atoms with van der Waals surface area (Å²) < 4.78 is 24.4. The lowest BCUT2D eigenvalue weighted by Gasteiger charge is -2.10. The molecule has 1 N–H and O–H groups in total. The van der Waals surface area contributed by atoms with Crippen LogP contribution in [0.15, 0.2) is 53.4 Å². The Morgan fingerprint density at radius 1 is 1.05 bits per heavy atom. The summed E-state index contributed by atoms with van der Waals surface area (Å²) in [6.07, 6.45) is 0. The third-order valence-corrected chi connectivity index (χ3v) is 5.19. The maximum Gasteiger partial charge on any atom is 0.335 e. The molecule has 0 aromatic heterocycles. The Balaban J connectivity index is 2.52. The number of carbonyl (C=O) groups is 1. The Bertz CT molecular complexity index is 751. The first-order chi connectivity index (χ1) is 9.95. The Labute approximate surface area is 127 Å². The molecule has 0 amide bonds. The van der Waals surface area contributed by atoms with Crippen molar-refractivity contribution >= 4 is 27.4 Å². The van der Waals surface area contributed by atoms with Crippen molar-refractivity contribution in [2.75, 3.05) is 11.6 Å². The van der Waals surface area contributed by atoms with Crippen LogP contribution in [-0.4, -0.2) is 31.1 Å². The van der Waals surface area contributed by atoms with Crippen LogP contribution in [0.1, 0.15) is 10.4 Å². The Morgan fingerprint density at radius 2 is 1.67 bits per heavy atom. The molecule has 0 saturated carbocycles. The third kappa shape index (κ3) is 3.43. The van der Waals surface area contributed by atoms with Gasteiger partial charge in [-0.25, -0.2) is 13.2 Å². The van der Waals surface area contributed by atoms with E-state index in [1.807, 2.05) is 0 Å². The number of alkyl halides is 1. The zero-order valence-corrected chi connectivity index (χ0v) is 12.6. The van der Waals surface area contributed by atoms with E-state index in [1.54, 1.807) is 30.3 Å². The van der Waals surface area contributed by atoms with Crippen molar-refractivity contribution in [3.63, 3.8) is 0 Å². The molecule has 0 unspecified atom stereocenters. The quantitative estimate of drug-likeness (QED) is 0.858. The van der Waals surface area contributed by atoms with Gasteiger partial charge in [0.05, 0.1) is 16.2 Å². The Hall–Kier alpha value is -1.85. The first kappa shape index (κ1) is 15.5. The number of carboxylic acid groups (broad SMARTS) is 1. The summed E-state index contributed by atoms with van der Waals surface area (Å²) in [5.74, 6) is -1.14. The van der Waals surface area contributed by atoms with Crippen LogP contribution in [0.3, 0.4) is 0 Å². The van der Waals surface area contributed by atoms with Crippen molar-refractivity contribution in [1.29, 1.82) is 0 Å². The van der Waals surface area contributed by atoms with Gasteiger partial charge >= 0.3 is 5.97 Å². The fourth-order valence-corrected chi connectivity index (χ4v) is 3.82. The van der Waals surface area contributed by atoms with E-state index in [1.165, 1.54) is 18.2 Å². The van der Waals surface area contributed by atoms with Crippen LogP contribution in [0.2, 0.25) is 0 Å². The van der Waals surface area contributed by atoms with Crippen LogP contribution < -0.4 is 0 Å². The van der Waals surface area contributed by atoms with E-state index in [2.05, 4.69) is 0 Å². The smallest absolute Gasteiger partial charge is 0.335 e. The molecule has 0 bridgehead atoms. The number of hydrogen-bond acceptors (Lipinski definition) is 3. The van der Waals surface area contributed by atoms with Gasteiger partial charge in [-0.05, 0) is 23.8 Å². The minimum Gasteiger partial charge on any atom is -0.478 e. The third-order valence-electron chi connectivity index (χ3n) is 3.01. The van der Waals surface area contributed by atoms with E-state index in [4.69, 9.17) is 16.7 Å². The topological polar surface area (TPSA) is 71.4 Å². The second-order valence-electron chi connectivity index (χ2n) is 4.39. The summed E-state index contributed by atoms with van der Waals surface area (Å²) >= 11 is 5.55. The summed E-state index contributed by atoms with van der Waals surface area (Å²) in [6, 6.07) is 12.7. The summed E-state index contributed by atoms with van der Waals surface area (Å²) in [7, 11) is -3.46.